The zero-order valence-electron chi connectivity index (χ0n) is 29.2. The third-order valence-corrected chi connectivity index (χ3v) is 8.94. The van der Waals surface area contributed by atoms with E-state index in [-0.39, 0.29) is 25.2 Å². The highest BCUT2D eigenvalue weighted by Gasteiger charge is 2.16. The number of hydrogen-bond acceptors (Lipinski definition) is 5. The van der Waals surface area contributed by atoms with Crippen molar-refractivity contribution in [3.8, 4) is 0 Å². The molecule has 0 rings (SSSR count). The Morgan fingerprint density at radius 3 is 1.30 bits per heavy atom. The van der Waals surface area contributed by atoms with Crippen molar-refractivity contribution < 1.29 is 24.2 Å². The van der Waals surface area contributed by atoms with Crippen molar-refractivity contribution in [1.82, 2.24) is 0 Å². The van der Waals surface area contributed by atoms with Crippen molar-refractivity contribution >= 4 is 11.9 Å². The highest BCUT2D eigenvalue weighted by Crippen LogP contribution is 2.16. The van der Waals surface area contributed by atoms with Gasteiger partial charge in [-0.15, -0.1) is 0 Å². The second-order valence-corrected chi connectivity index (χ2v) is 13.3. The molecule has 1 N–H and O–H groups in total. The molecule has 0 saturated heterocycles. The molecule has 0 fully saturated rings. The van der Waals surface area contributed by atoms with E-state index in [1.165, 1.54) is 135 Å². The minimum atomic E-state index is -0.762. The summed E-state index contributed by atoms with van der Waals surface area (Å²) in [6, 6.07) is 0. The highest BCUT2D eigenvalue weighted by atomic mass is 16.6. The third-order valence-electron chi connectivity index (χ3n) is 8.94. The van der Waals surface area contributed by atoms with E-state index < -0.39 is 6.10 Å². The number of carbonyl (C=O) groups excluding carboxylic acids is 2. The van der Waals surface area contributed by atoms with Crippen LogP contribution in [0.3, 0.4) is 0 Å². The molecule has 5 heteroatoms. The smallest absolute Gasteiger partial charge is 0.306 e. The first-order chi connectivity index (χ1) is 21.0. The molecule has 0 spiro atoms. The van der Waals surface area contributed by atoms with Crippen molar-refractivity contribution in [2.75, 3.05) is 13.2 Å². The summed E-state index contributed by atoms with van der Waals surface area (Å²) in [5.41, 5.74) is 0. The first-order valence-electron chi connectivity index (χ1n) is 19.0. The summed E-state index contributed by atoms with van der Waals surface area (Å²) in [5, 5.41) is 9.52. The van der Waals surface area contributed by atoms with Gasteiger partial charge in [0.1, 0.15) is 6.61 Å². The zero-order valence-corrected chi connectivity index (χ0v) is 29.2. The van der Waals surface area contributed by atoms with Crippen molar-refractivity contribution in [3.63, 3.8) is 0 Å². The van der Waals surface area contributed by atoms with Gasteiger partial charge in [-0.1, -0.05) is 181 Å². The number of unbranched alkanes of at least 4 members (excludes halogenated alkanes) is 23. The maximum Gasteiger partial charge on any atom is 0.306 e. The molecule has 43 heavy (non-hydrogen) atoms. The molecule has 0 aromatic heterocycles. The maximum atomic E-state index is 12.1. The molecule has 0 bridgehead atoms. The van der Waals surface area contributed by atoms with Gasteiger partial charge in [0.2, 0.25) is 0 Å². The quantitative estimate of drug-likeness (QED) is 0.0579. The first-order valence-corrected chi connectivity index (χ1v) is 19.0. The molecule has 1 unspecified atom stereocenters. The minimum Gasteiger partial charge on any atom is -0.462 e. The molecular formula is C38H74O5. The van der Waals surface area contributed by atoms with Crippen LogP contribution in [0.2, 0.25) is 0 Å². The van der Waals surface area contributed by atoms with Crippen LogP contribution in [0.1, 0.15) is 207 Å². The lowest BCUT2D eigenvalue weighted by Crippen LogP contribution is -2.28. The summed E-state index contributed by atoms with van der Waals surface area (Å²) in [6.45, 7) is 6.46. The average molecular weight is 611 g/mol. The van der Waals surface area contributed by atoms with Crippen LogP contribution in [0.5, 0.6) is 0 Å². The second-order valence-electron chi connectivity index (χ2n) is 13.3. The van der Waals surface area contributed by atoms with Crippen LogP contribution in [-0.2, 0) is 19.1 Å². The van der Waals surface area contributed by atoms with Crippen LogP contribution in [0.4, 0.5) is 0 Å². The van der Waals surface area contributed by atoms with Gasteiger partial charge in [0.15, 0.2) is 6.10 Å². The lowest BCUT2D eigenvalue weighted by atomic mass is 10.00. The van der Waals surface area contributed by atoms with Gasteiger partial charge in [0, 0.05) is 12.8 Å². The molecule has 0 amide bonds. The molecule has 0 aliphatic heterocycles. The lowest BCUT2D eigenvalue weighted by molar-refractivity contribution is -0.161. The molecular weight excluding hydrogens is 536 g/mol. The standard InChI is InChI=1S/C38H74O5/c1-4-6-7-8-9-10-11-12-13-14-15-16-17-18-19-20-21-26-29-32-38(41)43-36(33-39)34-42-37(40)31-28-25-23-22-24-27-30-35(3)5-2/h35-36,39H,4-34H2,1-3H3/t35?,36-/m0/s1. The number of aliphatic hydroxyl groups excluding tert-OH is 1. The molecule has 0 aromatic rings. The van der Waals surface area contributed by atoms with Gasteiger partial charge in [-0.3, -0.25) is 9.59 Å². The summed E-state index contributed by atoms with van der Waals surface area (Å²) in [5.74, 6) is 0.246. The van der Waals surface area contributed by atoms with Gasteiger partial charge in [-0.25, -0.2) is 0 Å². The van der Waals surface area contributed by atoms with Gasteiger partial charge in [0.25, 0.3) is 0 Å². The Morgan fingerprint density at radius 2 is 0.907 bits per heavy atom. The van der Waals surface area contributed by atoms with E-state index in [1.807, 2.05) is 0 Å². The van der Waals surface area contributed by atoms with Gasteiger partial charge in [-0.05, 0) is 18.8 Å². The second kappa shape index (κ2) is 33.8. The Balaban J connectivity index is 3.49. The van der Waals surface area contributed by atoms with E-state index in [0.29, 0.717) is 12.8 Å². The lowest BCUT2D eigenvalue weighted by Gasteiger charge is -2.15. The minimum absolute atomic E-state index is 0.0596. The summed E-state index contributed by atoms with van der Waals surface area (Å²) in [7, 11) is 0. The van der Waals surface area contributed by atoms with Gasteiger partial charge >= 0.3 is 11.9 Å². The SMILES string of the molecule is CCCCCCCCCCCCCCCCCCCCCC(=O)O[C@@H](CO)COC(=O)CCCCCCCCC(C)CC. The number of ether oxygens (including phenoxy) is 2. The Morgan fingerprint density at radius 1 is 0.535 bits per heavy atom. The fourth-order valence-electron chi connectivity index (χ4n) is 5.65. The zero-order chi connectivity index (χ0) is 31.6. The van der Waals surface area contributed by atoms with E-state index in [9.17, 15) is 14.7 Å². The van der Waals surface area contributed by atoms with Gasteiger partial charge < -0.3 is 14.6 Å². The summed E-state index contributed by atoms with van der Waals surface area (Å²) >= 11 is 0. The number of hydrogen-bond donors (Lipinski definition) is 1. The normalized spacial score (nSPS) is 12.7. The summed E-state index contributed by atoms with van der Waals surface area (Å²) in [4.78, 5) is 24.1. The number of carbonyl (C=O) groups is 2. The van der Waals surface area contributed by atoms with Gasteiger partial charge in [0.05, 0.1) is 6.61 Å². The first kappa shape index (κ1) is 41.9. The predicted molar refractivity (Wildman–Crippen MR) is 182 cm³/mol. The van der Waals surface area contributed by atoms with Crippen molar-refractivity contribution in [2.24, 2.45) is 5.92 Å². The molecule has 2 atom stereocenters. The maximum absolute atomic E-state index is 12.1. The predicted octanol–water partition coefficient (Wildman–Crippen LogP) is 11.4. The molecule has 5 nitrogen and oxygen atoms in total. The van der Waals surface area contributed by atoms with Crippen LogP contribution in [0.25, 0.3) is 0 Å². The van der Waals surface area contributed by atoms with Crippen LogP contribution >= 0.6 is 0 Å². The molecule has 256 valence electrons. The molecule has 0 aromatic carbocycles. The number of rotatable bonds is 34. The number of aliphatic hydroxyl groups is 1. The van der Waals surface area contributed by atoms with Crippen LogP contribution < -0.4 is 0 Å². The van der Waals surface area contributed by atoms with E-state index in [0.717, 1.165) is 44.4 Å². The largest absolute Gasteiger partial charge is 0.462 e. The monoisotopic (exact) mass is 611 g/mol. The highest BCUT2D eigenvalue weighted by molar-refractivity contribution is 5.70. The van der Waals surface area contributed by atoms with Gasteiger partial charge in [-0.2, -0.15) is 0 Å². The Hall–Kier alpha value is -1.10. The van der Waals surface area contributed by atoms with E-state index in [4.69, 9.17) is 9.47 Å². The fourth-order valence-corrected chi connectivity index (χ4v) is 5.65. The summed E-state index contributed by atoms with van der Waals surface area (Å²) in [6.07, 6.45) is 34.5. The Kier molecular flexibility index (Phi) is 32.9. The molecule has 0 aliphatic carbocycles. The summed E-state index contributed by atoms with van der Waals surface area (Å²) < 4.78 is 10.6. The molecule has 0 radical (unpaired) electrons. The van der Waals surface area contributed by atoms with Crippen LogP contribution in [0, 0.1) is 5.92 Å². The van der Waals surface area contributed by atoms with Crippen LogP contribution in [0.15, 0.2) is 0 Å². The van der Waals surface area contributed by atoms with E-state index >= 15 is 0 Å². The molecule has 0 heterocycles. The van der Waals surface area contributed by atoms with E-state index in [2.05, 4.69) is 20.8 Å². The van der Waals surface area contributed by atoms with Crippen molar-refractivity contribution in [2.45, 2.75) is 213 Å². The topological polar surface area (TPSA) is 72.8 Å². The van der Waals surface area contributed by atoms with Crippen molar-refractivity contribution in [3.05, 3.63) is 0 Å². The molecule has 0 aliphatic rings. The third kappa shape index (κ3) is 32.1. The average Bonchev–Trinajstić information content (AvgIpc) is 3.01. The number of esters is 2. The van der Waals surface area contributed by atoms with Crippen LogP contribution in [-0.4, -0.2) is 36.4 Å². The van der Waals surface area contributed by atoms with E-state index in [1.54, 1.807) is 0 Å². The fraction of sp³-hybridized carbons (Fsp3) is 0.947. The van der Waals surface area contributed by atoms with Crippen molar-refractivity contribution in [1.29, 1.82) is 0 Å². The molecule has 0 saturated carbocycles. The Labute approximate surface area is 268 Å². The Bertz CT molecular complexity index is 593.